The molecule has 6 rings (SSSR count). The minimum Gasteiger partial charge on any atom is -0.476 e. The fraction of sp³-hybridized carbons (Fsp3) is 0.200. The van der Waals surface area contributed by atoms with Crippen molar-refractivity contribution < 1.29 is 22.7 Å². The predicted molar refractivity (Wildman–Crippen MR) is 159 cm³/mol. The number of hydrogen-bond donors (Lipinski definition) is 3. The van der Waals surface area contributed by atoms with Crippen LogP contribution >= 0.6 is 11.3 Å². The van der Waals surface area contributed by atoms with Crippen molar-refractivity contribution in [3.05, 3.63) is 100 Å². The van der Waals surface area contributed by atoms with Crippen molar-refractivity contribution in [2.75, 3.05) is 4.72 Å². The second-order valence-electron chi connectivity index (χ2n) is 10.3. The zero-order valence-corrected chi connectivity index (χ0v) is 24.2. The molecule has 3 aromatic heterocycles. The third kappa shape index (κ3) is 5.95. The number of carbonyl (C=O) groups is 1. The van der Waals surface area contributed by atoms with Crippen LogP contribution in [0.3, 0.4) is 0 Å². The Morgan fingerprint density at radius 3 is 2.62 bits per heavy atom. The van der Waals surface area contributed by atoms with Crippen LogP contribution in [0.5, 0.6) is 0 Å². The number of halogens is 1. The van der Waals surface area contributed by atoms with E-state index in [1.54, 1.807) is 10.7 Å². The molecule has 214 valence electrons. The molecule has 9 nitrogen and oxygen atoms in total. The van der Waals surface area contributed by atoms with E-state index in [-0.39, 0.29) is 11.4 Å². The number of aromatic carboxylic acids is 1. The van der Waals surface area contributed by atoms with E-state index in [0.29, 0.717) is 35.1 Å². The molecular formula is C30H26FN5O4S2. The molecule has 0 aliphatic heterocycles. The molecule has 42 heavy (non-hydrogen) atoms. The van der Waals surface area contributed by atoms with Crippen molar-refractivity contribution in [1.82, 2.24) is 19.7 Å². The maximum absolute atomic E-state index is 14.9. The second-order valence-corrected chi connectivity index (χ2v) is 11.9. The lowest BCUT2D eigenvalue weighted by Gasteiger charge is -2.10. The van der Waals surface area contributed by atoms with Gasteiger partial charge in [-0.15, -0.1) is 11.3 Å². The number of carboxylic acids is 1. The maximum Gasteiger partial charge on any atom is 0.355 e. The molecule has 0 saturated heterocycles. The Morgan fingerprint density at radius 2 is 1.95 bits per heavy atom. The molecule has 0 spiro atoms. The Balaban J connectivity index is 1.50. The highest BCUT2D eigenvalue weighted by atomic mass is 32.2. The fourth-order valence-electron chi connectivity index (χ4n) is 4.85. The number of carboxylic acid groups (broad SMARTS) is 1. The van der Waals surface area contributed by atoms with Crippen molar-refractivity contribution in [3.63, 3.8) is 0 Å². The predicted octanol–water partition coefficient (Wildman–Crippen LogP) is 5.69. The highest BCUT2D eigenvalue weighted by Crippen LogP contribution is 2.39. The molecule has 2 N–H and O–H groups in total. The molecule has 5 aromatic rings. The summed E-state index contributed by atoms with van der Waals surface area (Å²) in [5, 5.41) is 16.4. The standard InChI is InChI=1S/C30H26FN5O4S2/c1-17-5-9-24(32-15-17)20-3-2-4-21(14-20)28-22(11-19-8-10-25(23(31)12-19)35-42(39)40)27(13-18-6-7-18)36(34-28)30-33-26(16-41-30)29(37)38/h2-5,8-10,12,14-16,18,42H,6-7,11,13H2,1H3,(H,37,38)(H,35,39,40). The van der Waals surface area contributed by atoms with Gasteiger partial charge in [-0.1, -0.05) is 30.3 Å². The zero-order valence-electron chi connectivity index (χ0n) is 22.5. The quantitative estimate of drug-likeness (QED) is 0.175. The van der Waals surface area contributed by atoms with Crippen LogP contribution in [0.1, 0.15) is 45.7 Å². The minimum atomic E-state index is -3.00. The number of rotatable bonds is 10. The molecule has 2 aromatic carbocycles. The van der Waals surface area contributed by atoms with Gasteiger partial charge in [-0.2, -0.15) is 5.10 Å². The monoisotopic (exact) mass is 603 g/mol. The summed E-state index contributed by atoms with van der Waals surface area (Å²) in [6.45, 7) is 1.98. The van der Waals surface area contributed by atoms with E-state index >= 15 is 0 Å². The average Bonchev–Trinajstić information content (AvgIpc) is 3.52. The van der Waals surface area contributed by atoms with Gasteiger partial charge in [0.1, 0.15) is 5.82 Å². The number of thiazole rings is 1. The van der Waals surface area contributed by atoms with Crippen LogP contribution in [0.2, 0.25) is 0 Å². The van der Waals surface area contributed by atoms with Gasteiger partial charge >= 0.3 is 5.97 Å². The number of hydrogen-bond acceptors (Lipinski definition) is 7. The Labute approximate surface area is 246 Å². The van der Waals surface area contributed by atoms with Crippen LogP contribution in [0.25, 0.3) is 27.6 Å². The van der Waals surface area contributed by atoms with Crippen molar-refractivity contribution in [2.24, 2.45) is 5.92 Å². The lowest BCUT2D eigenvalue weighted by molar-refractivity contribution is 0.0691. The molecule has 0 amide bonds. The molecule has 1 aliphatic carbocycles. The van der Waals surface area contributed by atoms with Gasteiger partial charge in [-0.05, 0) is 67.5 Å². The highest BCUT2D eigenvalue weighted by molar-refractivity contribution is 7.73. The van der Waals surface area contributed by atoms with Crippen LogP contribution in [0, 0.1) is 18.7 Å². The van der Waals surface area contributed by atoms with Crippen LogP contribution in [-0.4, -0.2) is 39.2 Å². The van der Waals surface area contributed by atoms with Crippen molar-refractivity contribution >= 4 is 33.9 Å². The van der Waals surface area contributed by atoms with Gasteiger partial charge < -0.3 is 5.11 Å². The average molecular weight is 604 g/mol. The summed E-state index contributed by atoms with van der Waals surface area (Å²) in [4.78, 5) is 20.5. The highest BCUT2D eigenvalue weighted by Gasteiger charge is 2.29. The molecule has 0 bridgehead atoms. The lowest BCUT2D eigenvalue weighted by atomic mass is 9.95. The second kappa shape index (κ2) is 11.5. The fourth-order valence-corrected chi connectivity index (χ4v) is 6.00. The number of aryl methyl sites for hydroxylation is 1. The summed E-state index contributed by atoms with van der Waals surface area (Å²) in [5.41, 5.74) is 6.52. The number of benzene rings is 2. The van der Waals surface area contributed by atoms with E-state index in [1.165, 1.54) is 28.8 Å². The third-order valence-electron chi connectivity index (χ3n) is 7.13. The Morgan fingerprint density at radius 1 is 1.14 bits per heavy atom. The van der Waals surface area contributed by atoms with E-state index in [4.69, 9.17) is 5.10 Å². The smallest absolute Gasteiger partial charge is 0.355 e. The maximum atomic E-state index is 14.9. The first kappa shape index (κ1) is 27.7. The van der Waals surface area contributed by atoms with Crippen LogP contribution in [-0.2, 0) is 23.7 Å². The third-order valence-corrected chi connectivity index (χ3v) is 8.37. The largest absolute Gasteiger partial charge is 0.476 e. The van der Waals surface area contributed by atoms with Gasteiger partial charge in [-0.3, -0.25) is 9.71 Å². The lowest BCUT2D eigenvalue weighted by Crippen LogP contribution is -2.06. The number of nitrogens with one attached hydrogen (secondary N) is 1. The molecule has 0 atom stereocenters. The Kier molecular flexibility index (Phi) is 7.56. The van der Waals surface area contributed by atoms with Crippen molar-refractivity contribution in [1.29, 1.82) is 0 Å². The molecule has 1 fully saturated rings. The number of pyridine rings is 1. The molecule has 0 radical (unpaired) electrons. The molecule has 3 heterocycles. The van der Waals surface area contributed by atoms with Crippen LogP contribution in [0.15, 0.2) is 66.2 Å². The normalized spacial score (nSPS) is 13.0. The topological polar surface area (TPSA) is 127 Å². The SMILES string of the molecule is Cc1ccc(-c2cccc(-c3nn(-c4nc(C(=O)O)cs4)c(CC4CC4)c3Cc3ccc(N[SH](=O)=O)c(F)c3)c2)nc1. The number of thiol groups is 1. The molecule has 1 aliphatic rings. The summed E-state index contributed by atoms with van der Waals surface area (Å²) >= 11 is 1.20. The summed E-state index contributed by atoms with van der Waals surface area (Å²) in [6, 6.07) is 16.3. The Bertz CT molecular complexity index is 1870. The van der Waals surface area contributed by atoms with E-state index in [1.807, 2.05) is 49.5 Å². The number of anilines is 1. The van der Waals surface area contributed by atoms with Gasteiger partial charge in [0.15, 0.2) is 5.69 Å². The summed E-state index contributed by atoms with van der Waals surface area (Å²) in [7, 11) is -3.00. The number of nitrogens with zero attached hydrogens (tertiary/aromatic N) is 4. The first-order chi connectivity index (χ1) is 20.2. The van der Waals surface area contributed by atoms with Crippen molar-refractivity contribution in [2.45, 2.75) is 32.6 Å². The van der Waals surface area contributed by atoms with Gasteiger partial charge in [0.2, 0.25) is 16.0 Å². The van der Waals surface area contributed by atoms with Gasteiger partial charge in [0, 0.05) is 34.7 Å². The van der Waals surface area contributed by atoms with E-state index in [0.717, 1.165) is 46.5 Å². The zero-order chi connectivity index (χ0) is 29.4. The van der Waals surface area contributed by atoms with Gasteiger partial charge in [-0.25, -0.2) is 27.3 Å². The van der Waals surface area contributed by atoms with Gasteiger partial charge in [0.25, 0.3) is 0 Å². The van der Waals surface area contributed by atoms with E-state index in [2.05, 4.69) is 14.7 Å². The number of aromatic nitrogens is 4. The van der Waals surface area contributed by atoms with Crippen LogP contribution in [0.4, 0.5) is 10.1 Å². The van der Waals surface area contributed by atoms with Gasteiger partial charge in [0.05, 0.1) is 22.8 Å². The molecular weight excluding hydrogens is 577 g/mol. The van der Waals surface area contributed by atoms with E-state index in [9.17, 15) is 22.7 Å². The first-order valence-corrected chi connectivity index (χ1v) is 15.3. The molecule has 12 heteroatoms. The van der Waals surface area contributed by atoms with Crippen LogP contribution < -0.4 is 4.72 Å². The molecule has 0 unspecified atom stereocenters. The van der Waals surface area contributed by atoms with E-state index < -0.39 is 22.7 Å². The Hall–Kier alpha value is -4.42. The summed E-state index contributed by atoms with van der Waals surface area (Å²) in [6.07, 6.45) is 5.00. The first-order valence-electron chi connectivity index (χ1n) is 13.3. The summed E-state index contributed by atoms with van der Waals surface area (Å²) < 4.78 is 40.9. The summed E-state index contributed by atoms with van der Waals surface area (Å²) in [5.74, 6) is -1.33. The molecule has 1 saturated carbocycles. The minimum absolute atomic E-state index is 0.0553. The van der Waals surface area contributed by atoms with Crippen molar-refractivity contribution in [3.8, 4) is 27.6 Å².